The van der Waals surface area contributed by atoms with Gasteiger partial charge < -0.3 is 10.2 Å². The molecule has 0 heterocycles. The lowest BCUT2D eigenvalue weighted by atomic mass is 10.0. The van der Waals surface area contributed by atoms with Crippen LogP contribution in [0, 0.1) is 12.8 Å². The van der Waals surface area contributed by atoms with Gasteiger partial charge in [0.2, 0.25) is 9.84 Å². The second-order valence-electron chi connectivity index (χ2n) is 5.31. The van der Waals surface area contributed by atoms with E-state index in [2.05, 4.69) is 0 Å². The predicted molar refractivity (Wildman–Crippen MR) is 79.0 cm³/mol. The molecule has 1 aromatic rings. The minimum Gasteiger partial charge on any atom is -0.392 e. The Kier molecular flexibility index (Phi) is 5.50. The van der Waals surface area contributed by atoms with Gasteiger partial charge in [0.15, 0.2) is 0 Å². The molecule has 5 heteroatoms. The summed E-state index contributed by atoms with van der Waals surface area (Å²) in [6, 6.07) is 6.45. The number of aliphatic hydroxyl groups is 2. The zero-order valence-corrected chi connectivity index (χ0v) is 13.1. The van der Waals surface area contributed by atoms with Crippen molar-refractivity contribution in [2.75, 3.05) is 6.61 Å². The van der Waals surface area contributed by atoms with Gasteiger partial charge in [-0.1, -0.05) is 31.5 Å². The van der Waals surface area contributed by atoms with Crippen LogP contribution < -0.4 is 0 Å². The van der Waals surface area contributed by atoms with Gasteiger partial charge in [0, 0.05) is 0 Å². The molecule has 1 aromatic carbocycles. The maximum Gasteiger partial charge on any atom is 0.205 e. The first kappa shape index (κ1) is 16.9. The van der Waals surface area contributed by atoms with E-state index in [1.807, 2.05) is 6.92 Å². The highest BCUT2D eigenvalue weighted by atomic mass is 32.2. The van der Waals surface area contributed by atoms with Gasteiger partial charge >= 0.3 is 0 Å². The van der Waals surface area contributed by atoms with Gasteiger partial charge in [0.1, 0.15) is 0 Å². The van der Waals surface area contributed by atoms with Crippen molar-refractivity contribution in [2.45, 2.75) is 38.7 Å². The molecule has 2 N–H and O–H groups in total. The van der Waals surface area contributed by atoms with Crippen LogP contribution in [0.2, 0.25) is 0 Å². The SMILES string of the molecule is C/C(CO)=C(/C(O)C(C)C)S(=O)(=O)c1ccc(C)cc1. The van der Waals surface area contributed by atoms with Gasteiger partial charge in [-0.05, 0) is 37.5 Å². The summed E-state index contributed by atoms with van der Waals surface area (Å²) in [4.78, 5) is 0.0319. The molecule has 0 saturated carbocycles. The van der Waals surface area contributed by atoms with Crippen LogP contribution in [0.25, 0.3) is 0 Å². The van der Waals surface area contributed by atoms with Gasteiger partial charge in [-0.2, -0.15) is 0 Å². The average Bonchev–Trinajstić information content (AvgIpc) is 2.38. The molecule has 0 spiro atoms. The van der Waals surface area contributed by atoms with E-state index in [1.54, 1.807) is 26.0 Å². The van der Waals surface area contributed by atoms with Crippen molar-refractivity contribution < 1.29 is 18.6 Å². The van der Waals surface area contributed by atoms with Gasteiger partial charge in [0.25, 0.3) is 0 Å². The van der Waals surface area contributed by atoms with E-state index in [1.165, 1.54) is 19.1 Å². The molecular weight excluding hydrogens is 276 g/mol. The molecule has 0 fully saturated rings. The maximum absolute atomic E-state index is 12.7. The fourth-order valence-corrected chi connectivity index (χ4v) is 3.73. The largest absolute Gasteiger partial charge is 0.392 e. The second kappa shape index (κ2) is 6.52. The normalized spacial score (nSPS) is 15.2. The number of aliphatic hydroxyl groups excluding tert-OH is 2. The smallest absolute Gasteiger partial charge is 0.205 e. The number of rotatable bonds is 5. The lowest BCUT2D eigenvalue weighted by molar-refractivity contribution is 0.165. The first-order chi connectivity index (χ1) is 9.21. The minimum atomic E-state index is -3.80. The summed E-state index contributed by atoms with van der Waals surface area (Å²) in [5.41, 5.74) is 1.23. The molecule has 0 radical (unpaired) electrons. The Balaban J connectivity index is 3.44. The predicted octanol–water partition coefficient (Wildman–Crippen LogP) is 2.05. The van der Waals surface area contributed by atoms with Crippen molar-refractivity contribution in [3.8, 4) is 0 Å². The van der Waals surface area contributed by atoms with Crippen molar-refractivity contribution in [1.82, 2.24) is 0 Å². The molecule has 1 rings (SSSR count). The Morgan fingerprint density at radius 1 is 1.20 bits per heavy atom. The standard InChI is InChI=1S/C15H22O4S/c1-10(2)14(17)15(12(4)9-16)20(18,19)13-7-5-11(3)6-8-13/h5-8,10,14,16-17H,9H2,1-4H3/b15-12+. The van der Waals surface area contributed by atoms with Gasteiger partial charge in [0.05, 0.1) is 22.5 Å². The molecule has 20 heavy (non-hydrogen) atoms. The van der Waals surface area contributed by atoms with Crippen LogP contribution in [0.1, 0.15) is 26.3 Å². The summed E-state index contributed by atoms with van der Waals surface area (Å²) < 4.78 is 25.3. The number of benzene rings is 1. The quantitative estimate of drug-likeness (QED) is 0.872. The van der Waals surface area contributed by atoms with E-state index in [0.29, 0.717) is 0 Å². The van der Waals surface area contributed by atoms with Gasteiger partial charge in [-0.15, -0.1) is 0 Å². The number of aryl methyl sites for hydroxylation is 1. The summed E-state index contributed by atoms with van der Waals surface area (Å²) in [5, 5.41) is 19.4. The summed E-state index contributed by atoms with van der Waals surface area (Å²) in [6.07, 6.45) is -1.13. The third-order valence-corrected chi connectivity index (χ3v) is 5.24. The highest BCUT2D eigenvalue weighted by Crippen LogP contribution is 2.28. The highest BCUT2D eigenvalue weighted by molar-refractivity contribution is 7.95. The summed E-state index contributed by atoms with van der Waals surface area (Å²) in [6.45, 7) is 6.46. The Morgan fingerprint density at radius 2 is 1.70 bits per heavy atom. The van der Waals surface area contributed by atoms with Crippen LogP contribution in [0.5, 0.6) is 0 Å². The van der Waals surface area contributed by atoms with E-state index in [4.69, 9.17) is 0 Å². The number of sulfone groups is 1. The monoisotopic (exact) mass is 298 g/mol. The molecule has 4 nitrogen and oxygen atoms in total. The number of hydrogen-bond donors (Lipinski definition) is 2. The van der Waals surface area contributed by atoms with Crippen LogP contribution in [-0.2, 0) is 9.84 Å². The Labute approximate surface area is 120 Å². The van der Waals surface area contributed by atoms with Crippen molar-refractivity contribution in [2.24, 2.45) is 5.92 Å². The van der Waals surface area contributed by atoms with Gasteiger partial charge in [-0.3, -0.25) is 0 Å². The topological polar surface area (TPSA) is 74.6 Å². The summed E-state index contributed by atoms with van der Waals surface area (Å²) >= 11 is 0. The van der Waals surface area contributed by atoms with E-state index in [-0.39, 0.29) is 21.3 Å². The molecular formula is C15H22O4S. The summed E-state index contributed by atoms with van der Waals surface area (Å²) in [7, 11) is -3.80. The van der Waals surface area contributed by atoms with Crippen LogP contribution in [0.3, 0.4) is 0 Å². The zero-order valence-electron chi connectivity index (χ0n) is 12.3. The van der Waals surface area contributed by atoms with Crippen LogP contribution in [0.4, 0.5) is 0 Å². The van der Waals surface area contributed by atoms with Crippen molar-refractivity contribution >= 4 is 9.84 Å². The lowest BCUT2D eigenvalue weighted by Crippen LogP contribution is -2.26. The van der Waals surface area contributed by atoms with Crippen LogP contribution in [0.15, 0.2) is 39.6 Å². The van der Waals surface area contributed by atoms with E-state index in [0.717, 1.165) is 5.56 Å². The van der Waals surface area contributed by atoms with Gasteiger partial charge in [-0.25, -0.2) is 8.42 Å². The molecule has 1 unspecified atom stereocenters. The van der Waals surface area contributed by atoms with Crippen LogP contribution >= 0.6 is 0 Å². The van der Waals surface area contributed by atoms with Crippen molar-refractivity contribution in [3.05, 3.63) is 40.3 Å². The third kappa shape index (κ3) is 3.48. The average molecular weight is 298 g/mol. The first-order valence-corrected chi connectivity index (χ1v) is 8.00. The fourth-order valence-electron chi connectivity index (χ4n) is 1.87. The molecule has 0 amide bonds. The van der Waals surface area contributed by atoms with Crippen molar-refractivity contribution in [1.29, 1.82) is 0 Å². The van der Waals surface area contributed by atoms with Crippen LogP contribution in [-0.4, -0.2) is 31.3 Å². The fraction of sp³-hybridized carbons (Fsp3) is 0.467. The van der Waals surface area contributed by atoms with E-state index in [9.17, 15) is 18.6 Å². The molecule has 0 aliphatic rings. The third-order valence-electron chi connectivity index (χ3n) is 3.18. The first-order valence-electron chi connectivity index (χ1n) is 6.52. The highest BCUT2D eigenvalue weighted by Gasteiger charge is 2.30. The van der Waals surface area contributed by atoms with Crippen molar-refractivity contribution in [3.63, 3.8) is 0 Å². The molecule has 112 valence electrons. The minimum absolute atomic E-state index is 0.0983. The van der Waals surface area contributed by atoms with E-state index < -0.39 is 22.5 Å². The maximum atomic E-state index is 12.7. The zero-order chi connectivity index (χ0) is 15.5. The lowest BCUT2D eigenvalue weighted by Gasteiger charge is -2.21. The molecule has 1 atom stereocenters. The molecule has 0 aliphatic carbocycles. The summed E-state index contributed by atoms with van der Waals surface area (Å²) in [5.74, 6) is -0.258. The molecule has 0 bridgehead atoms. The number of hydrogen-bond acceptors (Lipinski definition) is 4. The Bertz CT molecular complexity index is 583. The molecule has 0 aromatic heterocycles. The molecule has 0 aliphatic heterocycles. The second-order valence-corrected chi connectivity index (χ2v) is 7.23. The Morgan fingerprint density at radius 3 is 2.10 bits per heavy atom. The Hall–Kier alpha value is -1.17. The van der Waals surface area contributed by atoms with E-state index >= 15 is 0 Å². The molecule has 0 saturated heterocycles.